The number of nitro groups is 1. The monoisotopic (exact) mass is 265 g/mol. The fraction of sp³-hybridized carbons (Fsp3) is 0.583. The van der Waals surface area contributed by atoms with Gasteiger partial charge < -0.3 is 15.5 Å². The highest BCUT2D eigenvalue weighted by atomic mass is 16.6. The number of nitrogen functional groups attached to an aromatic ring is 1. The molecule has 2 rings (SSSR count). The summed E-state index contributed by atoms with van der Waals surface area (Å²) < 4.78 is 0. The SMILES string of the molecule is CN1CCC(N(C)c2nc(N)ccc2[N+](=O)[O-])CC1. The van der Waals surface area contributed by atoms with Crippen molar-refractivity contribution in [1.82, 2.24) is 9.88 Å². The molecule has 1 aliphatic rings. The van der Waals surface area contributed by atoms with E-state index in [1.165, 1.54) is 12.1 Å². The van der Waals surface area contributed by atoms with E-state index >= 15 is 0 Å². The highest BCUT2D eigenvalue weighted by Gasteiger charge is 2.26. The molecule has 1 aromatic heterocycles. The average molecular weight is 265 g/mol. The number of hydrogen-bond donors (Lipinski definition) is 1. The molecule has 0 amide bonds. The second-order valence-corrected chi connectivity index (χ2v) is 4.98. The van der Waals surface area contributed by atoms with Gasteiger partial charge in [0.1, 0.15) is 5.82 Å². The zero-order valence-electron chi connectivity index (χ0n) is 11.2. The van der Waals surface area contributed by atoms with Gasteiger partial charge in [-0.25, -0.2) is 4.98 Å². The van der Waals surface area contributed by atoms with Gasteiger partial charge >= 0.3 is 5.69 Å². The van der Waals surface area contributed by atoms with E-state index in [0.29, 0.717) is 11.6 Å². The minimum absolute atomic E-state index is 0.00984. The number of piperidine rings is 1. The zero-order valence-corrected chi connectivity index (χ0v) is 11.2. The summed E-state index contributed by atoms with van der Waals surface area (Å²) in [7, 11) is 3.93. The molecule has 0 saturated carbocycles. The second-order valence-electron chi connectivity index (χ2n) is 4.98. The molecule has 0 aliphatic carbocycles. The number of nitrogens with two attached hydrogens (primary N) is 1. The molecule has 7 heteroatoms. The number of nitrogens with zero attached hydrogens (tertiary/aromatic N) is 4. The van der Waals surface area contributed by atoms with Crippen LogP contribution in [-0.2, 0) is 0 Å². The lowest BCUT2D eigenvalue weighted by molar-refractivity contribution is -0.384. The van der Waals surface area contributed by atoms with Gasteiger partial charge in [-0.15, -0.1) is 0 Å². The molecule has 104 valence electrons. The van der Waals surface area contributed by atoms with Gasteiger partial charge in [0, 0.05) is 19.2 Å². The molecule has 1 saturated heterocycles. The molecular weight excluding hydrogens is 246 g/mol. The fourth-order valence-corrected chi connectivity index (χ4v) is 2.41. The highest BCUT2D eigenvalue weighted by molar-refractivity contribution is 5.61. The van der Waals surface area contributed by atoms with Crippen LogP contribution in [0.1, 0.15) is 12.8 Å². The topological polar surface area (TPSA) is 88.5 Å². The Hall–Kier alpha value is -1.89. The number of aromatic nitrogens is 1. The standard InChI is InChI=1S/C12H19N5O2/c1-15-7-5-9(6-8-15)16(2)12-10(17(18)19)3-4-11(13)14-12/h3-4,9H,5-8H2,1-2H3,(H2,13,14). The molecule has 1 aromatic rings. The maximum absolute atomic E-state index is 11.1. The minimum Gasteiger partial charge on any atom is -0.384 e. The third kappa shape index (κ3) is 2.93. The quantitative estimate of drug-likeness (QED) is 0.650. The molecule has 7 nitrogen and oxygen atoms in total. The van der Waals surface area contributed by atoms with Crippen molar-refractivity contribution in [2.45, 2.75) is 18.9 Å². The van der Waals surface area contributed by atoms with Crippen molar-refractivity contribution in [3.05, 3.63) is 22.2 Å². The first kappa shape index (κ1) is 13.5. The predicted octanol–water partition coefficient (Wildman–Crippen LogP) is 1.10. The van der Waals surface area contributed by atoms with E-state index in [2.05, 4.69) is 16.9 Å². The van der Waals surface area contributed by atoms with Gasteiger partial charge in [-0.3, -0.25) is 10.1 Å². The predicted molar refractivity (Wildman–Crippen MR) is 74.2 cm³/mol. The summed E-state index contributed by atoms with van der Waals surface area (Å²) in [5.41, 5.74) is 5.66. The zero-order chi connectivity index (χ0) is 14.0. The van der Waals surface area contributed by atoms with E-state index in [1.807, 2.05) is 11.9 Å². The lowest BCUT2D eigenvalue weighted by atomic mass is 10.0. The molecular formula is C12H19N5O2. The Labute approximate surface area is 112 Å². The maximum Gasteiger partial charge on any atom is 0.311 e. The summed E-state index contributed by atoms with van der Waals surface area (Å²) in [5.74, 6) is 0.667. The van der Waals surface area contributed by atoms with Crippen molar-refractivity contribution < 1.29 is 4.92 Å². The van der Waals surface area contributed by atoms with Gasteiger partial charge in [0.15, 0.2) is 0 Å². The summed E-state index contributed by atoms with van der Waals surface area (Å²) in [6, 6.07) is 3.15. The summed E-state index contributed by atoms with van der Waals surface area (Å²) in [6.07, 6.45) is 1.95. The number of hydrogen-bond acceptors (Lipinski definition) is 6. The molecule has 0 aromatic carbocycles. The molecule has 0 radical (unpaired) electrons. The van der Waals surface area contributed by atoms with Crippen molar-refractivity contribution in [1.29, 1.82) is 0 Å². The van der Waals surface area contributed by atoms with Crippen molar-refractivity contribution in [3.8, 4) is 0 Å². The van der Waals surface area contributed by atoms with Crippen LogP contribution in [0.4, 0.5) is 17.3 Å². The van der Waals surface area contributed by atoms with Crippen LogP contribution in [0.2, 0.25) is 0 Å². The summed E-state index contributed by atoms with van der Waals surface area (Å²) in [6.45, 7) is 1.98. The van der Waals surface area contributed by atoms with E-state index in [-0.39, 0.29) is 11.7 Å². The Balaban J connectivity index is 2.25. The first-order valence-electron chi connectivity index (χ1n) is 6.31. The van der Waals surface area contributed by atoms with Gasteiger partial charge in [-0.05, 0) is 39.0 Å². The fourth-order valence-electron chi connectivity index (χ4n) is 2.41. The van der Waals surface area contributed by atoms with Crippen molar-refractivity contribution in [3.63, 3.8) is 0 Å². The molecule has 0 atom stereocenters. The van der Waals surface area contributed by atoms with Gasteiger partial charge in [0.05, 0.1) is 4.92 Å². The van der Waals surface area contributed by atoms with E-state index in [9.17, 15) is 10.1 Å². The van der Waals surface area contributed by atoms with Crippen LogP contribution in [0, 0.1) is 10.1 Å². The summed E-state index contributed by atoms with van der Waals surface area (Å²) >= 11 is 0. The molecule has 1 aliphatic heterocycles. The Kier molecular flexibility index (Phi) is 3.84. The lowest BCUT2D eigenvalue weighted by Crippen LogP contribution is -2.42. The Morgan fingerprint density at radius 2 is 2.11 bits per heavy atom. The van der Waals surface area contributed by atoms with Crippen LogP contribution >= 0.6 is 0 Å². The third-order valence-corrected chi connectivity index (χ3v) is 3.64. The average Bonchev–Trinajstić information content (AvgIpc) is 2.38. The summed E-state index contributed by atoms with van der Waals surface area (Å²) in [4.78, 5) is 18.9. The van der Waals surface area contributed by atoms with Gasteiger partial charge in [0.25, 0.3) is 0 Å². The number of pyridine rings is 1. The largest absolute Gasteiger partial charge is 0.384 e. The molecule has 0 bridgehead atoms. The minimum atomic E-state index is -0.409. The number of anilines is 2. The van der Waals surface area contributed by atoms with Crippen LogP contribution in [0.3, 0.4) is 0 Å². The maximum atomic E-state index is 11.1. The van der Waals surface area contributed by atoms with Crippen molar-refractivity contribution in [2.24, 2.45) is 0 Å². The number of rotatable bonds is 3. The molecule has 1 fully saturated rings. The molecule has 2 N–H and O–H groups in total. The Morgan fingerprint density at radius 3 is 2.68 bits per heavy atom. The normalized spacial score (nSPS) is 17.4. The number of likely N-dealkylation sites (tertiary alicyclic amines) is 1. The van der Waals surface area contributed by atoms with Gasteiger partial charge in [-0.2, -0.15) is 0 Å². The van der Waals surface area contributed by atoms with E-state index in [0.717, 1.165) is 25.9 Å². The Bertz CT molecular complexity index is 471. The van der Waals surface area contributed by atoms with E-state index in [4.69, 9.17) is 5.73 Å². The van der Waals surface area contributed by atoms with Gasteiger partial charge in [0.2, 0.25) is 5.82 Å². The third-order valence-electron chi connectivity index (χ3n) is 3.64. The highest BCUT2D eigenvalue weighted by Crippen LogP contribution is 2.29. The van der Waals surface area contributed by atoms with Crippen LogP contribution < -0.4 is 10.6 Å². The van der Waals surface area contributed by atoms with E-state index < -0.39 is 4.92 Å². The Morgan fingerprint density at radius 1 is 1.47 bits per heavy atom. The molecule has 2 heterocycles. The van der Waals surface area contributed by atoms with Crippen LogP contribution in [0.25, 0.3) is 0 Å². The lowest BCUT2D eigenvalue weighted by Gasteiger charge is -2.35. The second kappa shape index (κ2) is 5.40. The van der Waals surface area contributed by atoms with Gasteiger partial charge in [-0.1, -0.05) is 0 Å². The molecule has 0 unspecified atom stereocenters. The first-order chi connectivity index (χ1) is 8.99. The van der Waals surface area contributed by atoms with Crippen LogP contribution in [0.5, 0.6) is 0 Å². The molecule has 0 spiro atoms. The van der Waals surface area contributed by atoms with Crippen molar-refractivity contribution in [2.75, 3.05) is 37.8 Å². The van der Waals surface area contributed by atoms with Crippen LogP contribution in [0.15, 0.2) is 12.1 Å². The first-order valence-corrected chi connectivity index (χ1v) is 6.31. The van der Waals surface area contributed by atoms with E-state index in [1.54, 1.807) is 0 Å². The summed E-state index contributed by atoms with van der Waals surface area (Å²) in [5, 5.41) is 11.1. The molecule has 19 heavy (non-hydrogen) atoms. The van der Waals surface area contributed by atoms with Crippen molar-refractivity contribution >= 4 is 17.3 Å². The smallest absolute Gasteiger partial charge is 0.311 e. The van der Waals surface area contributed by atoms with Crippen LogP contribution in [-0.4, -0.2) is 48.0 Å².